The van der Waals surface area contributed by atoms with E-state index >= 15 is 0 Å². The third-order valence-corrected chi connectivity index (χ3v) is 1.41. The fourth-order valence-corrected chi connectivity index (χ4v) is 0.837. The number of ketones is 1. The summed E-state index contributed by atoms with van der Waals surface area (Å²) in [5.74, 6) is 0.0624. The Kier molecular flexibility index (Phi) is 2.84. The summed E-state index contributed by atoms with van der Waals surface area (Å²) in [5, 5.41) is 0. The molecule has 0 saturated carbocycles. The average molecular weight is 158 g/mol. The molecule has 2 heteroatoms. The van der Waals surface area contributed by atoms with Gasteiger partial charge in [-0.05, 0) is 41.5 Å². The first kappa shape index (κ1) is 10.6. The van der Waals surface area contributed by atoms with E-state index in [0.717, 1.165) is 0 Å². The van der Waals surface area contributed by atoms with Crippen molar-refractivity contribution in [3.05, 3.63) is 0 Å². The van der Waals surface area contributed by atoms with Gasteiger partial charge in [-0.2, -0.15) is 0 Å². The summed E-state index contributed by atoms with van der Waals surface area (Å²) < 4.78 is 5.54. The highest BCUT2D eigenvalue weighted by atomic mass is 16.5. The van der Waals surface area contributed by atoms with Crippen LogP contribution in [0.4, 0.5) is 0 Å². The van der Waals surface area contributed by atoms with Crippen molar-refractivity contribution in [1.29, 1.82) is 0 Å². The molecule has 0 amide bonds. The second-order valence-electron chi connectivity index (χ2n) is 4.28. The van der Waals surface area contributed by atoms with Gasteiger partial charge in [-0.1, -0.05) is 0 Å². The zero-order valence-electron chi connectivity index (χ0n) is 8.32. The molecule has 0 saturated heterocycles. The van der Waals surface area contributed by atoms with Crippen LogP contribution in [0.15, 0.2) is 0 Å². The predicted octanol–water partition coefficient (Wildman–Crippen LogP) is 2.17. The van der Waals surface area contributed by atoms with Crippen LogP contribution >= 0.6 is 0 Å². The van der Waals surface area contributed by atoms with Gasteiger partial charge < -0.3 is 4.74 Å². The van der Waals surface area contributed by atoms with E-state index in [-0.39, 0.29) is 11.4 Å². The van der Waals surface area contributed by atoms with Crippen molar-refractivity contribution in [2.24, 2.45) is 0 Å². The number of hydrogen-bond donors (Lipinski definition) is 0. The second kappa shape index (κ2) is 2.94. The molecule has 0 rings (SSSR count). The van der Waals surface area contributed by atoms with Crippen molar-refractivity contribution in [1.82, 2.24) is 0 Å². The monoisotopic (exact) mass is 158 g/mol. The van der Waals surface area contributed by atoms with Gasteiger partial charge in [-0.25, -0.2) is 0 Å². The summed E-state index contributed by atoms with van der Waals surface area (Å²) in [7, 11) is 0. The maximum absolute atomic E-state index is 11.0. The number of carbonyl (C=O) groups is 1. The molecule has 0 aliphatic rings. The van der Waals surface area contributed by atoms with Crippen molar-refractivity contribution >= 4 is 5.78 Å². The van der Waals surface area contributed by atoms with Gasteiger partial charge in [0.05, 0.1) is 5.60 Å². The minimum atomic E-state index is -0.655. The molecule has 0 radical (unpaired) electrons. The first-order chi connectivity index (χ1) is 4.65. The summed E-state index contributed by atoms with van der Waals surface area (Å²) >= 11 is 0. The van der Waals surface area contributed by atoms with Crippen LogP contribution in [0.2, 0.25) is 0 Å². The van der Waals surface area contributed by atoms with Gasteiger partial charge in [0.1, 0.15) is 5.60 Å². The van der Waals surface area contributed by atoms with E-state index in [1.807, 2.05) is 20.8 Å². The fraction of sp³-hybridized carbons (Fsp3) is 0.889. The molecule has 0 spiro atoms. The van der Waals surface area contributed by atoms with Gasteiger partial charge in [-0.15, -0.1) is 0 Å². The number of rotatable bonds is 2. The smallest absolute Gasteiger partial charge is 0.161 e. The van der Waals surface area contributed by atoms with Crippen molar-refractivity contribution in [2.75, 3.05) is 0 Å². The molecule has 66 valence electrons. The number of ether oxygens (including phenoxy) is 1. The van der Waals surface area contributed by atoms with Gasteiger partial charge in [0.15, 0.2) is 5.78 Å². The minimum Gasteiger partial charge on any atom is -0.362 e. The molecule has 0 bridgehead atoms. The van der Waals surface area contributed by atoms with Crippen LogP contribution in [-0.2, 0) is 9.53 Å². The fourth-order valence-electron chi connectivity index (χ4n) is 0.837. The minimum absolute atomic E-state index is 0.0624. The third kappa shape index (κ3) is 4.14. The maximum atomic E-state index is 11.0. The number of carbonyl (C=O) groups excluding carboxylic acids is 1. The van der Waals surface area contributed by atoms with E-state index in [1.165, 1.54) is 0 Å². The highest BCUT2D eigenvalue weighted by Crippen LogP contribution is 2.19. The third-order valence-electron chi connectivity index (χ3n) is 1.41. The summed E-state index contributed by atoms with van der Waals surface area (Å²) in [4.78, 5) is 11.0. The standard InChI is InChI=1S/C9H18O2/c1-7(10)9(5,6)11-8(2,3)4/h1-6H3. The average Bonchev–Trinajstić information content (AvgIpc) is 1.56. The Labute approximate surface area is 68.9 Å². The molecule has 0 aromatic carbocycles. The lowest BCUT2D eigenvalue weighted by Crippen LogP contribution is -2.40. The number of hydrogen-bond acceptors (Lipinski definition) is 2. The maximum Gasteiger partial charge on any atom is 0.161 e. The molecular weight excluding hydrogens is 140 g/mol. The lowest BCUT2D eigenvalue weighted by Gasteiger charge is -2.31. The van der Waals surface area contributed by atoms with Crippen LogP contribution in [0.1, 0.15) is 41.5 Å². The summed E-state index contributed by atoms with van der Waals surface area (Å²) in [6.45, 7) is 11.0. The highest BCUT2D eigenvalue weighted by Gasteiger charge is 2.29. The summed E-state index contributed by atoms with van der Waals surface area (Å²) in [6, 6.07) is 0. The first-order valence-electron chi connectivity index (χ1n) is 3.86. The Morgan fingerprint density at radius 3 is 1.55 bits per heavy atom. The van der Waals surface area contributed by atoms with Gasteiger partial charge >= 0.3 is 0 Å². The Morgan fingerprint density at radius 1 is 1.09 bits per heavy atom. The molecule has 0 N–H and O–H groups in total. The van der Waals surface area contributed by atoms with E-state index in [9.17, 15) is 4.79 Å². The highest BCUT2D eigenvalue weighted by molar-refractivity contribution is 5.84. The molecule has 0 atom stereocenters. The lowest BCUT2D eigenvalue weighted by atomic mass is 10.0. The van der Waals surface area contributed by atoms with E-state index < -0.39 is 5.60 Å². The molecule has 0 aliphatic heterocycles. The van der Waals surface area contributed by atoms with Crippen molar-refractivity contribution in [3.63, 3.8) is 0 Å². The van der Waals surface area contributed by atoms with Gasteiger partial charge in [0, 0.05) is 0 Å². The molecule has 0 heterocycles. The molecule has 0 aliphatic carbocycles. The zero-order valence-corrected chi connectivity index (χ0v) is 8.32. The van der Waals surface area contributed by atoms with Crippen LogP contribution < -0.4 is 0 Å². The Morgan fingerprint density at radius 2 is 1.45 bits per heavy atom. The second-order valence-corrected chi connectivity index (χ2v) is 4.28. The molecule has 0 unspecified atom stereocenters. The van der Waals surface area contributed by atoms with Crippen LogP contribution in [0.5, 0.6) is 0 Å². The van der Waals surface area contributed by atoms with Crippen molar-refractivity contribution in [2.45, 2.75) is 52.7 Å². The van der Waals surface area contributed by atoms with Gasteiger partial charge in [0.2, 0.25) is 0 Å². The topological polar surface area (TPSA) is 26.3 Å². The summed E-state index contributed by atoms with van der Waals surface area (Å²) in [5.41, 5.74) is -0.909. The molecule has 0 fully saturated rings. The molecule has 11 heavy (non-hydrogen) atoms. The van der Waals surface area contributed by atoms with E-state index in [0.29, 0.717) is 0 Å². The lowest BCUT2D eigenvalue weighted by molar-refractivity contribution is -0.155. The van der Waals surface area contributed by atoms with Crippen LogP contribution in [0.3, 0.4) is 0 Å². The quantitative estimate of drug-likeness (QED) is 0.615. The Hall–Kier alpha value is -0.370. The zero-order chi connectivity index (χ0) is 9.28. The van der Waals surface area contributed by atoms with Gasteiger partial charge in [-0.3, -0.25) is 4.79 Å². The number of Topliss-reactive ketones (excluding diaryl/α,β-unsaturated/α-hetero) is 1. The SMILES string of the molecule is CC(=O)C(C)(C)OC(C)(C)C. The molecule has 0 aromatic heterocycles. The Balaban J connectivity index is 4.25. The van der Waals surface area contributed by atoms with Crippen LogP contribution in [-0.4, -0.2) is 17.0 Å². The predicted molar refractivity (Wildman–Crippen MR) is 45.6 cm³/mol. The first-order valence-corrected chi connectivity index (χ1v) is 3.86. The Bertz CT molecular complexity index is 151. The summed E-state index contributed by atoms with van der Waals surface area (Å²) in [6.07, 6.45) is 0. The van der Waals surface area contributed by atoms with Gasteiger partial charge in [0.25, 0.3) is 0 Å². The largest absolute Gasteiger partial charge is 0.362 e. The van der Waals surface area contributed by atoms with E-state index in [4.69, 9.17) is 4.74 Å². The van der Waals surface area contributed by atoms with Crippen LogP contribution in [0.25, 0.3) is 0 Å². The van der Waals surface area contributed by atoms with Crippen molar-refractivity contribution < 1.29 is 9.53 Å². The molecule has 0 aromatic rings. The normalized spacial score (nSPS) is 13.3. The molecular formula is C9H18O2. The van der Waals surface area contributed by atoms with Crippen LogP contribution in [0, 0.1) is 0 Å². The molecule has 2 nitrogen and oxygen atoms in total. The van der Waals surface area contributed by atoms with E-state index in [2.05, 4.69) is 0 Å². The van der Waals surface area contributed by atoms with E-state index in [1.54, 1.807) is 20.8 Å². The van der Waals surface area contributed by atoms with Crippen molar-refractivity contribution in [3.8, 4) is 0 Å².